The molecule has 4 fully saturated rings. The van der Waals surface area contributed by atoms with Gasteiger partial charge in [-0.15, -0.1) is 0 Å². The highest BCUT2D eigenvalue weighted by Crippen LogP contribution is 2.44. The van der Waals surface area contributed by atoms with Crippen molar-refractivity contribution in [3.8, 4) is 0 Å². The molecule has 0 unspecified atom stereocenters. The van der Waals surface area contributed by atoms with E-state index in [1.165, 1.54) is 0 Å². The third-order valence-corrected chi connectivity index (χ3v) is 4.72. The number of morpholine rings is 1. The van der Waals surface area contributed by atoms with Crippen molar-refractivity contribution in [3.05, 3.63) is 0 Å². The quantitative estimate of drug-likeness (QED) is 0.675. The minimum atomic E-state index is -0.798. The molecule has 4 rings (SSSR count). The lowest BCUT2D eigenvalue weighted by atomic mass is 9.98. The molecular weight excluding hydrogens is 318 g/mol. The van der Waals surface area contributed by atoms with Crippen molar-refractivity contribution in [3.63, 3.8) is 0 Å². The average molecular weight is 343 g/mol. The summed E-state index contributed by atoms with van der Waals surface area (Å²) < 4.78 is 35.1. The molecule has 0 N–H and O–H groups in total. The summed E-state index contributed by atoms with van der Waals surface area (Å²) in [5.74, 6) is -1.69. The number of hydrogen-bond donors (Lipinski definition) is 0. The third-order valence-electron chi connectivity index (χ3n) is 4.72. The molecule has 0 radical (unpaired) electrons. The van der Waals surface area contributed by atoms with Gasteiger partial charge in [0.15, 0.2) is 24.0 Å². The van der Waals surface area contributed by atoms with E-state index in [1.54, 1.807) is 4.90 Å². The number of nitrogens with zero attached hydrogens (tertiary/aromatic N) is 1. The number of fused-ring (bicyclic) bond motifs is 3. The van der Waals surface area contributed by atoms with Gasteiger partial charge in [0.1, 0.15) is 18.3 Å². The first-order valence-corrected chi connectivity index (χ1v) is 8.49. The molecule has 4 saturated heterocycles. The van der Waals surface area contributed by atoms with E-state index in [4.69, 9.17) is 28.4 Å². The molecule has 0 aromatic rings. The van der Waals surface area contributed by atoms with Crippen LogP contribution in [0.2, 0.25) is 0 Å². The van der Waals surface area contributed by atoms with Crippen molar-refractivity contribution in [2.75, 3.05) is 26.3 Å². The molecule has 8 heteroatoms. The Labute approximate surface area is 141 Å². The van der Waals surface area contributed by atoms with Crippen LogP contribution in [0.1, 0.15) is 27.7 Å². The van der Waals surface area contributed by atoms with E-state index < -0.39 is 42.3 Å². The number of rotatable bonds is 1. The van der Waals surface area contributed by atoms with Crippen LogP contribution >= 0.6 is 0 Å². The highest BCUT2D eigenvalue weighted by atomic mass is 16.9. The van der Waals surface area contributed by atoms with Gasteiger partial charge in [-0.25, -0.2) is 0 Å². The summed E-state index contributed by atoms with van der Waals surface area (Å²) in [5, 5.41) is 0. The van der Waals surface area contributed by atoms with Crippen LogP contribution in [0.25, 0.3) is 0 Å². The van der Waals surface area contributed by atoms with Gasteiger partial charge in [0, 0.05) is 13.1 Å². The molecule has 4 heterocycles. The Hall–Kier alpha value is -0.770. The van der Waals surface area contributed by atoms with E-state index in [0.29, 0.717) is 26.3 Å². The standard InChI is InChI=1S/C16H25NO7/c1-15(2)21-9-10(22-15)12-14(24-16(3,4)23-12)20-11(9)13(18)17-5-7-19-8-6-17/h9-12,14H,5-8H2,1-4H3/t9-,10+,11+,12+,14+/m1/s1. The molecule has 4 aliphatic rings. The third kappa shape index (κ3) is 2.85. The fraction of sp³-hybridized carbons (Fsp3) is 0.938. The summed E-state index contributed by atoms with van der Waals surface area (Å²) in [6.07, 6.45) is -2.76. The summed E-state index contributed by atoms with van der Waals surface area (Å²) >= 11 is 0. The van der Waals surface area contributed by atoms with Gasteiger partial charge >= 0.3 is 0 Å². The van der Waals surface area contributed by atoms with Gasteiger partial charge in [-0.2, -0.15) is 0 Å². The Kier molecular flexibility index (Phi) is 3.91. The van der Waals surface area contributed by atoms with Gasteiger partial charge in [-0.3, -0.25) is 4.79 Å². The first-order valence-electron chi connectivity index (χ1n) is 8.49. The molecule has 0 spiro atoms. The Morgan fingerprint density at radius 1 is 0.875 bits per heavy atom. The Morgan fingerprint density at radius 3 is 2.17 bits per heavy atom. The van der Waals surface area contributed by atoms with E-state index in [1.807, 2.05) is 27.7 Å². The second-order valence-electron chi connectivity index (χ2n) is 7.53. The lowest BCUT2D eigenvalue weighted by Gasteiger charge is -2.39. The maximum Gasteiger partial charge on any atom is 0.254 e. The monoisotopic (exact) mass is 343 g/mol. The number of hydrogen-bond acceptors (Lipinski definition) is 7. The SMILES string of the molecule is CC1(C)O[C@@H]2O[C@H](C(=O)N3CCOCC3)[C@@H]3OC(C)(C)O[C@@H]3[C@@H]2O1. The molecule has 0 aliphatic carbocycles. The van der Waals surface area contributed by atoms with Gasteiger partial charge in [0.25, 0.3) is 5.91 Å². The van der Waals surface area contributed by atoms with E-state index in [9.17, 15) is 4.79 Å². The van der Waals surface area contributed by atoms with Crippen molar-refractivity contribution >= 4 is 5.91 Å². The second kappa shape index (κ2) is 5.62. The van der Waals surface area contributed by atoms with Crippen molar-refractivity contribution in [2.45, 2.75) is 70.0 Å². The van der Waals surface area contributed by atoms with Crippen LogP contribution in [-0.2, 0) is 33.2 Å². The van der Waals surface area contributed by atoms with Gasteiger partial charge in [-0.1, -0.05) is 0 Å². The molecule has 1 amide bonds. The lowest BCUT2D eigenvalue weighted by Crippen LogP contribution is -2.60. The van der Waals surface area contributed by atoms with Gasteiger partial charge in [0.2, 0.25) is 0 Å². The summed E-state index contributed by atoms with van der Waals surface area (Å²) in [6, 6.07) is 0. The predicted octanol–water partition coefficient (Wildman–Crippen LogP) is 0.242. The Bertz CT molecular complexity index is 517. The number of carbonyl (C=O) groups excluding carboxylic acids is 1. The molecule has 0 aromatic carbocycles. The summed E-state index contributed by atoms with van der Waals surface area (Å²) in [5.41, 5.74) is 0. The van der Waals surface area contributed by atoms with Crippen LogP contribution < -0.4 is 0 Å². The minimum Gasteiger partial charge on any atom is -0.378 e. The molecular formula is C16H25NO7. The van der Waals surface area contributed by atoms with Gasteiger partial charge in [0.05, 0.1) is 13.2 Å². The fourth-order valence-corrected chi connectivity index (χ4v) is 3.77. The predicted molar refractivity (Wildman–Crippen MR) is 79.9 cm³/mol. The molecule has 24 heavy (non-hydrogen) atoms. The first kappa shape index (κ1) is 16.7. The second-order valence-corrected chi connectivity index (χ2v) is 7.53. The van der Waals surface area contributed by atoms with Crippen LogP contribution in [0.3, 0.4) is 0 Å². The van der Waals surface area contributed by atoms with Gasteiger partial charge < -0.3 is 33.3 Å². The van der Waals surface area contributed by atoms with Crippen molar-refractivity contribution in [1.29, 1.82) is 0 Å². The highest BCUT2D eigenvalue weighted by molar-refractivity contribution is 5.82. The molecule has 0 saturated carbocycles. The molecule has 136 valence electrons. The fourth-order valence-electron chi connectivity index (χ4n) is 3.77. The first-order chi connectivity index (χ1) is 11.3. The zero-order chi connectivity index (χ0) is 17.1. The molecule has 8 nitrogen and oxygen atoms in total. The lowest BCUT2D eigenvalue weighted by molar-refractivity contribution is -0.235. The maximum absolute atomic E-state index is 13.0. The van der Waals surface area contributed by atoms with Gasteiger partial charge in [-0.05, 0) is 27.7 Å². The Morgan fingerprint density at radius 2 is 1.46 bits per heavy atom. The zero-order valence-electron chi connectivity index (χ0n) is 14.5. The van der Waals surface area contributed by atoms with Crippen LogP contribution in [-0.4, -0.2) is 79.4 Å². The number of amides is 1. The number of ether oxygens (including phenoxy) is 6. The van der Waals surface area contributed by atoms with E-state index in [-0.39, 0.29) is 5.91 Å². The molecule has 5 atom stereocenters. The minimum absolute atomic E-state index is 0.110. The van der Waals surface area contributed by atoms with E-state index in [0.717, 1.165) is 0 Å². The topological polar surface area (TPSA) is 75.7 Å². The average Bonchev–Trinajstić information content (AvgIpc) is 3.00. The smallest absolute Gasteiger partial charge is 0.254 e. The molecule has 0 bridgehead atoms. The Balaban J connectivity index is 1.59. The van der Waals surface area contributed by atoms with Crippen LogP contribution in [0, 0.1) is 0 Å². The molecule has 4 aliphatic heterocycles. The normalized spacial score (nSPS) is 43.3. The zero-order valence-corrected chi connectivity index (χ0v) is 14.5. The van der Waals surface area contributed by atoms with Crippen LogP contribution in [0.5, 0.6) is 0 Å². The summed E-state index contributed by atoms with van der Waals surface area (Å²) in [7, 11) is 0. The van der Waals surface area contributed by atoms with Crippen molar-refractivity contribution in [2.24, 2.45) is 0 Å². The van der Waals surface area contributed by atoms with Crippen molar-refractivity contribution < 1.29 is 33.2 Å². The van der Waals surface area contributed by atoms with Crippen LogP contribution in [0.15, 0.2) is 0 Å². The van der Waals surface area contributed by atoms with Crippen molar-refractivity contribution in [1.82, 2.24) is 4.90 Å². The van der Waals surface area contributed by atoms with Crippen LogP contribution in [0.4, 0.5) is 0 Å². The van der Waals surface area contributed by atoms with E-state index in [2.05, 4.69) is 0 Å². The largest absolute Gasteiger partial charge is 0.378 e. The molecule has 0 aromatic heterocycles. The maximum atomic E-state index is 13.0. The van der Waals surface area contributed by atoms with E-state index >= 15 is 0 Å². The summed E-state index contributed by atoms with van der Waals surface area (Å²) in [6.45, 7) is 9.48. The highest BCUT2D eigenvalue weighted by Gasteiger charge is 2.62. The number of carbonyl (C=O) groups is 1. The summed E-state index contributed by atoms with van der Waals surface area (Å²) in [4.78, 5) is 14.7.